The summed E-state index contributed by atoms with van der Waals surface area (Å²) in [6, 6.07) is 8.45. The molecule has 0 fully saturated rings. The van der Waals surface area contributed by atoms with Crippen LogP contribution < -0.4 is 10.0 Å². The van der Waals surface area contributed by atoms with Gasteiger partial charge in [-0.3, -0.25) is 9.78 Å². The predicted molar refractivity (Wildman–Crippen MR) is 90.0 cm³/mol. The Morgan fingerprint density at radius 1 is 1.21 bits per heavy atom. The molecule has 3 rings (SSSR count). The second-order valence-electron chi connectivity index (χ2n) is 5.22. The average molecular weight is 345 g/mol. The van der Waals surface area contributed by atoms with Crippen LogP contribution in [-0.2, 0) is 16.6 Å². The number of pyridine rings is 1. The van der Waals surface area contributed by atoms with Crippen LogP contribution in [0.3, 0.4) is 0 Å². The van der Waals surface area contributed by atoms with Gasteiger partial charge in [0.1, 0.15) is 0 Å². The van der Waals surface area contributed by atoms with Crippen molar-refractivity contribution in [2.75, 3.05) is 11.6 Å². The molecule has 3 aromatic rings. The Balaban J connectivity index is 1.74. The molecule has 2 heterocycles. The number of amides is 1. The molecule has 24 heavy (non-hydrogen) atoms. The number of carbonyl (C=O) groups is 1. The molecular formula is C15H15N5O3S. The van der Waals surface area contributed by atoms with Gasteiger partial charge < -0.3 is 10.3 Å². The van der Waals surface area contributed by atoms with E-state index in [0.29, 0.717) is 16.9 Å². The van der Waals surface area contributed by atoms with Gasteiger partial charge in [-0.25, -0.2) is 18.1 Å². The summed E-state index contributed by atoms with van der Waals surface area (Å²) in [4.78, 5) is 23.5. The molecule has 0 unspecified atom stereocenters. The van der Waals surface area contributed by atoms with Gasteiger partial charge >= 0.3 is 0 Å². The lowest BCUT2D eigenvalue weighted by Gasteiger charge is -2.07. The smallest absolute Gasteiger partial charge is 0.255 e. The van der Waals surface area contributed by atoms with E-state index in [2.05, 4.69) is 25.0 Å². The van der Waals surface area contributed by atoms with E-state index in [1.807, 2.05) is 0 Å². The van der Waals surface area contributed by atoms with Gasteiger partial charge in [0.05, 0.1) is 35.9 Å². The van der Waals surface area contributed by atoms with Crippen molar-refractivity contribution in [3.05, 3.63) is 54.1 Å². The Kier molecular flexibility index (Phi) is 4.28. The molecule has 0 aliphatic rings. The van der Waals surface area contributed by atoms with E-state index in [9.17, 15) is 13.2 Å². The van der Waals surface area contributed by atoms with Crippen LogP contribution in [0.5, 0.6) is 0 Å². The minimum absolute atomic E-state index is 0.0278. The van der Waals surface area contributed by atoms with Crippen LogP contribution >= 0.6 is 0 Å². The number of hydrogen-bond donors (Lipinski definition) is 3. The molecule has 1 amide bonds. The Bertz CT molecular complexity index is 997. The molecule has 0 bridgehead atoms. The normalized spacial score (nSPS) is 11.5. The lowest BCUT2D eigenvalue weighted by atomic mass is 10.2. The summed E-state index contributed by atoms with van der Waals surface area (Å²) < 4.78 is 24.6. The molecule has 0 aliphatic heterocycles. The summed E-state index contributed by atoms with van der Waals surface area (Å²) in [5.41, 5.74) is 3.10. The summed E-state index contributed by atoms with van der Waals surface area (Å²) in [7, 11) is -3.32. The summed E-state index contributed by atoms with van der Waals surface area (Å²) in [6.45, 7) is 0.0278. The van der Waals surface area contributed by atoms with Crippen LogP contribution in [0.4, 0.5) is 5.69 Å². The monoisotopic (exact) mass is 345 g/mol. The zero-order valence-corrected chi connectivity index (χ0v) is 13.6. The third-order valence-electron chi connectivity index (χ3n) is 3.27. The number of nitrogens with one attached hydrogen (secondary N) is 3. The molecule has 0 aliphatic carbocycles. The molecule has 9 heteroatoms. The Morgan fingerprint density at radius 2 is 2.04 bits per heavy atom. The number of anilines is 1. The third kappa shape index (κ3) is 3.94. The fraction of sp³-hybridized carbons (Fsp3) is 0.133. The topological polar surface area (TPSA) is 117 Å². The Labute approximate surface area is 138 Å². The van der Waals surface area contributed by atoms with E-state index >= 15 is 0 Å². The van der Waals surface area contributed by atoms with Crippen molar-refractivity contribution in [3.63, 3.8) is 0 Å². The quantitative estimate of drug-likeness (QED) is 0.643. The molecule has 124 valence electrons. The molecule has 0 saturated carbocycles. The van der Waals surface area contributed by atoms with Crippen molar-refractivity contribution in [1.29, 1.82) is 0 Å². The maximum atomic E-state index is 12.3. The molecular weight excluding hydrogens is 330 g/mol. The minimum Gasteiger partial charge on any atom is -0.345 e. The molecule has 0 atom stereocenters. The van der Waals surface area contributed by atoms with Crippen molar-refractivity contribution in [1.82, 2.24) is 19.7 Å². The number of aromatic nitrogens is 3. The van der Waals surface area contributed by atoms with Gasteiger partial charge in [0, 0.05) is 17.4 Å². The van der Waals surface area contributed by atoms with Gasteiger partial charge in [0.25, 0.3) is 5.91 Å². The highest BCUT2D eigenvalue weighted by Crippen LogP contribution is 2.16. The number of H-pyrrole nitrogens is 1. The zero-order valence-electron chi connectivity index (χ0n) is 12.8. The van der Waals surface area contributed by atoms with Crippen molar-refractivity contribution in [2.45, 2.75) is 6.54 Å². The Morgan fingerprint density at radius 3 is 2.83 bits per heavy atom. The van der Waals surface area contributed by atoms with Crippen LogP contribution in [0.2, 0.25) is 0 Å². The summed E-state index contributed by atoms with van der Waals surface area (Å²) >= 11 is 0. The summed E-state index contributed by atoms with van der Waals surface area (Å²) in [5.74, 6) is -0.308. The van der Waals surface area contributed by atoms with E-state index < -0.39 is 10.0 Å². The third-order valence-corrected chi connectivity index (χ3v) is 3.94. The maximum absolute atomic E-state index is 12.3. The van der Waals surface area contributed by atoms with Gasteiger partial charge in [-0.1, -0.05) is 0 Å². The van der Waals surface area contributed by atoms with Crippen molar-refractivity contribution in [2.24, 2.45) is 0 Å². The van der Waals surface area contributed by atoms with E-state index in [0.717, 1.165) is 17.3 Å². The van der Waals surface area contributed by atoms with Crippen LogP contribution in [0.1, 0.15) is 16.1 Å². The number of aromatic amines is 1. The number of nitrogens with zero attached hydrogens (tertiary/aromatic N) is 2. The predicted octanol–water partition coefficient (Wildman–Crippen LogP) is 1.26. The molecule has 2 aromatic heterocycles. The van der Waals surface area contributed by atoms with Crippen molar-refractivity contribution >= 4 is 32.7 Å². The molecule has 1 aromatic carbocycles. The lowest BCUT2D eigenvalue weighted by Crippen LogP contribution is -2.22. The molecule has 0 radical (unpaired) electrons. The summed E-state index contributed by atoms with van der Waals surface area (Å²) in [5, 5.41) is 2.79. The number of hydrogen-bond acceptors (Lipinski definition) is 5. The first-order valence-corrected chi connectivity index (χ1v) is 8.94. The van der Waals surface area contributed by atoms with Gasteiger partial charge in [-0.2, -0.15) is 0 Å². The standard InChI is InChI=1S/C15H15N5O3S/c1-24(22,23)19-8-12-6-10(4-5-16-12)15(21)20-11-2-3-13-14(7-11)18-9-17-13/h2-7,9,19H,8H2,1H3,(H,17,18)(H,20,21). The van der Waals surface area contributed by atoms with E-state index in [1.54, 1.807) is 36.7 Å². The van der Waals surface area contributed by atoms with Crippen LogP contribution in [0, 0.1) is 0 Å². The average Bonchev–Trinajstić information content (AvgIpc) is 3.00. The van der Waals surface area contributed by atoms with Crippen LogP contribution in [-0.4, -0.2) is 35.5 Å². The van der Waals surface area contributed by atoms with Gasteiger partial charge in [0.15, 0.2) is 0 Å². The Hall–Kier alpha value is -2.78. The van der Waals surface area contributed by atoms with Gasteiger partial charge in [0.2, 0.25) is 10.0 Å². The number of carbonyl (C=O) groups excluding carboxylic acids is 1. The number of imidazole rings is 1. The highest BCUT2D eigenvalue weighted by molar-refractivity contribution is 7.88. The largest absolute Gasteiger partial charge is 0.345 e. The first-order valence-electron chi connectivity index (χ1n) is 7.05. The molecule has 0 spiro atoms. The van der Waals surface area contributed by atoms with E-state index in [4.69, 9.17) is 0 Å². The van der Waals surface area contributed by atoms with Crippen LogP contribution in [0.15, 0.2) is 42.9 Å². The van der Waals surface area contributed by atoms with Crippen molar-refractivity contribution < 1.29 is 13.2 Å². The number of benzene rings is 1. The number of sulfonamides is 1. The fourth-order valence-corrected chi connectivity index (χ4v) is 2.55. The minimum atomic E-state index is -3.32. The van der Waals surface area contributed by atoms with Crippen molar-refractivity contribution in [3.8, 4) is 0 Å². The highest BCUT2D eigenvalue weighted by Gasteiger charge is 2.09. The van der Waals surface area contributed by atoms with Gasteiger partial charge in [-0.15, -0.1) is 0 Å². The first-order chi connectivity index (χ1) is 11.4. The van der Waals surface area contributed by atoms with E-state index in [1.165, 1.54) is 6.20 Å². The fourth-order valence-electron chi connectivity index (χ4n) is 2.14. The second-order valence-corrected chi connectivity index (χ2v) is 7.05. The number of fused-ring (bicyclic) bond motifs is 1. The SMILES string of the molecule is CS(=O)(=O)NCc1cc(C(=O)Nc2ccc3nc[nH]c3c2)ccn1. The lowest BCUT2D eigenvalue weighted by molar-refractivity contribution is 0.102. The highest BCUT2D eigenvalue weighted by atomic mass is 32.2. The van der Waals surface area contributed by atoms with Crippen LogP contribution in [0.25, 0.3) is 11.0 Å². The molecule has 8 nitrogen and oxygen atoms in total. The zero-order chi connectivity index (χ0) is 17.2. The maximum Gasteiger partial charge on any atom is 0.255 e. The summed E-state index contributed by atoms with van der Waals surface area (Å²) in [6.07, 6.45) is 4.11. The van der Waals surface area contributed by atoms with E-state index in [-0.39, 0.29) is 12.5 Å². The van der Waals surface area contributed by atoms with Gasteiger partial charge in [-0.05, 0) is 30.3 Å². The first kappa shape index (κ1) is 16.1. The number of rotatable bonds is 5. The molecule has 0 saturated heterocycles. The molecule has 3 N–H and O–H groups in total. The second kappa shape index (κ2) is 6.38.